The Kier molecular flexibility index (Phi) is 10.6. The van der Waals surface area contributed by atoms with Crippen molar-refractivity contribution >= 4 is 30.1 Å². The van der Waals surface area contributed by atoms with Gasteiger partial charge in [-0.15, -0.1) is 0 Å². The fourth-order valence-corrected chi connectivity index (χ4v) is 13.0. The first-order valence-electron chi connectivity index (χ1n) is 16.8. The Morgan fingerprint density at radius 2 is 1.38 bits per heavy atom. The summed E-state index contributed by atoms with van der Waals surface area (Å²) in [4.78, 5) is 12.1. The van der Waals surface area contributed by atoms with Gasteiger partial charge in [0, 0.05) is 18.0 Å². The number of hydrogen-bond donors (Lipinski definition) is 3. The topological polar surface area (TPSA) is 149 Å². The number of nitrogens with zero attached hydrogens (tertiary/aromatic N) is 1. The van der Waals surface area contributed by atoms with Crippen molar-refractivity contribution in [2.24, 2.45) is 0 Å². The van der Waals surface area contributed by atoms with Crippen molar-refractivity contribution < 1.29 is 37.6 Å². The van der Waals surface area contributed by atoms with Gasteiger partial charge < -0.3 is 29.2 Å². The van der Waals surface area contributed by atoms with E-state index in [-0.39, 0.29) is 16.9 Å². The first kappa shape index (κ1) is 39.6. The van der Waals surface area contributed by atoms with Crippen LogP contribution in [-0.4, -0.2) is 79.6 Å². The maximum absolute atomic E-state index is 14.1. The number of methoxy groups -OCH3 is 2. The third-order valence-electron chi connectivity index (χ3n) is 11.1. The molecular weight excluding hydrogens is 721 g/mol. The van der Waals surface area contributed by atoms with Crippen LogP contribution < -0.4 is 15.0 Å². The van der Waals surface area contributed by atoms with E-state index in [0.717, 1.165) is 11.8 Å². The van der Waals surface area contributed by atoms with E-state index in [0.29, 0.717) is 22.6 Å². The van der Waals surface area contributed by atoms with Gasteiger partial charge >= 0.3 is 0 Å². The summed E-state index contributed by atoms with van der Waals surface area (Å²) in [5.74, 6) is 1.25. The molecule has 2 heterocycles. The van der Waals surface area contributed by atoms with E-state index in [1.165, 1.54) is 17.7 Å². The Morgan fingerprint density at radius 3 is 1.83 bits per heavy atom. The van der Waals surface area contributed by atoms with Gasteiger partial charge in [-0.1, -0.05) is 88.5 Å². The summed E-state index contributed by atoms with van der Waals surface area (Å²) in [5.41, 5.74) is 0.495. The second-order valence-electron chi connectivity index (χ2n) is 14.9. The molecule has 3 aromatic carbocycles. The normalized spacial score (nSPS) is 22.7. The third-order valence-corrected chi connectivity index (χ3v) is 19.6. The number of rotatable bonds is 11. The molecule has 52 heavy (non-hydrogen) atoms. The lowest BCUT2D eigenvalue weighted by atomic mass is 9.80. The number of sulfone groups is 1. The van der Waals surface area contributed by atoms with Crippen LogP contribution in [0.1, 0.15) is 49.3 Å². The maximum atomic E-state index is 14.1. The largest absolute Gasteiger partial charge is 0.497 e. The predicted octanol–water partition coefficient (Wildman–Crippen LogP) is 5.65. The molecule has 0 radical (unpaired) electrons. The molecule has 0 aliphatic carbocycles. The van der Waals surface area contributed by atoms with Crippen molar-refractivity contribution in [3.63, 3.8) is 0 Å². The Morgan fingerprint density at radius 1 is 0.904 bits per heavy atom. The first-order valence-corrected chi connectivity index (χ1v) is 22.1. The van der Waals surface area contributed by atoms with Gasteiger partial charge in [0.15, 0.2) is 20.8 Å². The van der Waals surface area contributed by atoms with E-state index in [4.69, 9.17) is 31.2 Å². The highest BCUT2D eigenvalue weighted by molar-refractivity contribution is 7.92. The van der Waals surface area contributed by atoms with Crippen LogP contribution in [0, 0.1) is 11.7 Å². The molecule has 1 aliphatic rings. The van der Waals surface area contributed by atoms with Crippen LogP contribution >= 0.6 is 12.2 Å². The van der Waals surface area contributed by atoms with E-state index in [1.54, 1.807) is 14.2 Å². The fraction of sp³-hybridized carbons (Fsp3) is 0.421. The number of aryl methyl sites for hydroxylation is 1. The average Bonchev–Trinajstić information content (AvgIpc) is 3.35. The first-order chi connectivity index (χ1) is 24.2. The summed E-state index contributed by atoms with van der Waals surface area (Å²) in [6.07, 6.45) is -0.978. The zero-order chi connectivity index (χ0) is 38.5. The molecule has 1 aromatic heterocycles. The number of nitrogens with one attached hydrogen (secondary N) is 1. The zero-order valence-corrected chi connectivity index (χ0v) is 33.6. The van der Waals surface area contributed by atoms with Crippen molar-refractivity contribution in [3.05, 3.63) is 122 Å². The molecule has 11 nitrogen and oxygen atoms in total. The molecule has 0 unspecified atom stereocenters. The molecule has 0 amide bonds. The van der Waals surface area contributed by atoms with Crippen LogP contribution in [0.4, 0.5) is 0 Å². The Balaban J connectivity index is 1.80. The van der Waals surface area contributed by atoms with Gasteiger partial charge in [0.05, 0.1) is 28.9 Å². The SMILES string of the molecule is COc1ccc(C(OC[C@H]2O[C@@H](n3cc(C)c(=O)[nH]c3=S)[C@@](O)(S(C)(=O)=O)[C@@]2(O)[Si](C)(C)C(C)(C)C)(c2ccccc2)c2ccc(OC)cc2)cc1. The smallest absolute Gasteiger partial charge is 0.254 e. The third kappa shape index (κ3) is 6.17. The highest BCUT2D eigenvalue weighted by Crippen LogP contribution is 2.58. The van der Waals surface area contributed by atoms with E-state index in [9.17, 15) is 23.4 Å². The molecule has 0 saturated carbocycles. The second-order valence-corrected chi connectivity index (χ2v) is 22.9. The average molecular weight is 769 g/mol. The van der Waals surface area contributed by atoms with Gasteiger partial charge in [0.1, 0.15) is 28.4 Å². The van der Waals surface area contributed by atoms with Gasteiger partial charge in [-0.2, -0.15) is 0 Å². The highest BCUT2D eigenvalue weighted by Gasteiger charge is 2.78. The molecule has 1 aliphatic heterocycles. The summed E-state index contributed by atoms with van der Waals surface area (Å²) in [5, 5.41) is 23.1. The van der Waals surface area contributed by atoms with Gasteiger partial charge in [0.2, 0.25) is 4.93 Å². The van der Waals surface area contributed by atoms with E-state index in [2.05, 4.69) is 4.98 Å². The highest BCUT2D eigenvalue weighted by atomic mass is 32.2. The van der Waals surface area contributed by atoms with Crippen LogP contribution in [-0.2, 0) is 24.9 Å². The van der Waals surface area contributed by atoms with Crippen molar-refractivity contribution in [1.29, 1.82) is 0 Å². The van der Waals surface area contributed by atoms with Gasteiger partial charge in [-0.3, -0.25) is 14.3 Å². The van der Waals surface area contributed by atoms with Crippen molar-refractivity contribution in [2.75, 3.05) is 27.1 Å². The van der Waals surface area contributed by atoms with Crippen LogP contribution in [0.15, 0.2) is 89.9 Å². The lowest BCUT2D eigenvalue weighted by molar-refractivity contribution is -0.104. The number of hydrogen-bond acceptors (Lipinski definition) is 10. The Labute approximate surface area is 311 Å². The number of aromatic amines is 1. The molecule has 0 spiro atoms. The van der Waals surface area contributed by atoms with E-state index >= 15 is 0 Å². The molecule has 14 heteroatoms. The van der Waals surface area contributed by atoms with Gasteiger partial charge in [-0.25, -0.2) is 8.42 Å². The number of aromatic nitrogens is 2. The van der Waals surface area contributed by atoms with Crippen LogP contribution in [0.2, 0.25) is 18.1 Å². The Hall–Kier alpha value is -3.63. The molecule has 4 atom stereocenters. The molecular formula is C38H48N2O9S2Si. The minimum Gasteiger partial charge on any atom is -0.497 e. The summed E-state index contributed by atoms with van der Waals surface area (Å²) < 4.78 is 53.8. The van der Waals surface area contributed by atoms with E-state index < -0.39 is 56.6 Å². The standard InChI is InChI=1S/C38H48N2O9S2Si/c1-25-23-40(34(50)39-32(25)41)33-37(42,51(7,44)45)38(43,52(8,9)35(2,3)4)31(49-33)24-48-36(26-13-11-10-12-14-26,27-15-19-29(46-5)20-16-27)28-17-21-30(47-6)22-18-28/h10-23,31,33,42-43H,24H2,1-9H3,(H,39,41,50)/t31-,33-,37-,38+/m1/s1. The molecule has 0 bridgehead atoms. The summed E-state index contributed by atoms with van der Waals surface area (Å²) in [6, 6.07) is 24.3. The van der Waals surface area contributed by atoms with Crippen molar-refractivity contribution in [3.8, 4) is 11.5 Å². The molecule has 4 aromatic rings. The number of ether oxygens (including phenoxy) is 4. The summed E-state index contributed by atoms with van der Waals surface area (Å²) in [6.45, 7) is 10.5. The molecule has 3 N–H and O–H groups in total. The maximum Gasteiger partial charge on any atom is 0.254 e. The number of aliphatic hydroxyl groups is 2. The van der Waals surface area contributed by atoms with Gasteiger partial charge in [-0.05, 0) is 65.1 Å². The lowest BCUT2D eigenvalue weighted by Crippen LogP contribution is -2.76. The molecule has 5 rings (SSSR count). The van der Waals surface area contributed by atoms with E-state index in [1.807, 2.05) is 113 Å². The minimum atomic E-state index is -4.58. The predicted molar refractivity (Wildman–Crippen MR) is 205 cm³/mol. The molecule has 280 valence electrons. The van der Waals surface area contributed by atoms with Crippen molar-refractivity contribution in [2.45, 2.75) is 73.9 Å². The lowest BCUT2D eigenvalue weighted by Gasteiger charge is -2.54. The summed E-state index contributed by atoms with van der Waals surface area (Å²) in [7, 11) is -4.83. The van der Waals surface area contributed by atoms with Gasteiger partial charge in [0.25, 0.3) is 5.56 Å². The fourth-order valence-electron chi connectivity index (χ4n) is 7.10. The molecule has 1 saturated heterocycles. The zero-order valence-electron chi connectivity index (χ0n) is 31.0. The molecule has 1 fully saturated rings. The number of benzene rings is 3. The second kappa shape index (κ2) is 14.0. The van der Waals surface area contributed by atoms with Crippen LogP contribution in [0.25, 0.3) is 0 Å². The summed E-state index contributed by atoms with van der Waals surface area (Å²) >= 11 is 5.50. The quantitative estimate of drug-likeness (QED) is 0.0994. The van der Waals surface area contributed by atoms with Crippen LogP contribution in [0.5, 0.6) is 11.5 Å². The minimum absolute atomic E-state index is 0.183. The number of H-pyrrole nitrogens is 1. The Bertz CT molecular complexity index is 2080. The van der Waals surface area contributed by atoms with Crippen LogP contribution in [0.3, 0.4) is 0 Å². The monoisotopic (exact) mass is 768 g/mol. The van der Waals surface area contributed by atoms with Crippen molar-refractivity contribution in [1.82, 2.24) is 9.55 Å².